The van der Waals surface area contributed by atoms with E-state index in [0.717, 1.165) is 53.3 Å². The molecule has 0 saturated heterocycles. The van der Waals surface area contributed by atoms with Crippen LogP contribution in [0.2, 0.25) is 0 Å². The Kier molecular flexibility index (Phi) is 7.03. The molecule has 0 aliphatic carbocycles. The lowest BCUT2D eigenvalue weighted by Crippen LogP contribution is -2.10. The summed E-state index contributed by atoms with van der Waals surface area (Å²) in [5, 5.41) is 13.6. The highest BCUT2D eigenvalue weighted by Gasteiger charge is 2.21. The maximum atomic E-state index is 9.21. The van der Waals surface area contributed by atoms with Crippen LogP contribution in [0.25, 0.3) is 22.5 Å². The fraction of sp³-hybridized carbons (Fsp3) is 0.333. The van der Waals surface area contributed by atoms with Crippen molar-refractivity contribution in [1.82, 2.24) is 19.3 Å². The van der Waals surface area contributed by atoms with Crippen molar-refractivity contribution in [2.45, 2.75) is 33.2 Å². The number of aryl methyl sites for hydroxylation is 1. The van der Waals surface area contributed by atoms with Crippen molar-refractivity contribution < 1.29 is 0 Å². The molecule has 2 aromatic heterocycles. The van der Waals surface area contributed by atoms with Gasteiger partial charge in [0.05, 0.1) is 29.2 Å². The highest BCUT2D eigenvalue weighted by atomic mass is 15.2. The van der Waals surface area contributed by atoms with Crippen molar-refractivity contribution >= 4 is 6.21 Å². The molecular formula is C24H29N7. The van der Waals surface area contributed by atoms with Gasteiger partial charge in [-0.15, -0.1) is 0 Å². The first kappa shape index (κ1) is 22.0. The van der Waals surface area contributed by atoms with Gasteiger partial charge in [0, 0.05) is 50.6 Å². The largest absolute Gasteiger partial charge is 0.404 e. The summed E-state index contributed by atoms with van der Waals surface area (Å²) < 4.78 is 4.06. The van der Waals surface area contributed by atoms with E-state index in [2.05, 4.69) is 34.6 Å². The Balaban J connectivity index is 2.18. The molecule has 160 valence electrons. The first-order valence-corrected chi connectivity index (χ1v) is 10.4. The zero-order chi connectivity index (χ0) is 22.4. The fourth-order valence-electron chi connectivity index (χ4n) is 3.60. The zero-order valence-corrected chi connectivity index (χ0v) is 18.6. The zero-order valence-electron chi connectivity index (χ0n) is 18.6. The second-order valence-electron chi connectivity index (χ2n) is 7.95. The number of nitrogens with two attached hydrogens (primary N) is 1. The number of nitrogens with zero attached hydrogens (tertiary/aromatic N) is 6. The highest BCUT2D eigenvalue weighted by molar-refractivity contribution is 5.80. The second kappa shape index (κ2) is 9.90. The number of rotatable bonds is 8. The molecule has 0 aliphatic rings. The second-order valence-corrected chi connectivity index (χ2v) is 7.95. The molecule has 31 heavy (non-hydrogen) atoms. The SMILES string of the molecule is CN=C/C(=C\N)CCn1c(CC(C)C)nc(-c2cnn(C)c2)c1-c1ccc(C#N)cc1. The number of aliphatic imine (C=N–C) groups is 1. The van der Waals surface area contributed by atoms with E-state index in [1.54, 1.807) is 24.1 Å². The third kappa shape index (κ3) is 5.10. The van der Waals surface area contributed by atoms with Crippen molar-refractivity contribution in [3.8, 4) is 28.6 Å². The normalized spacial score (nSPS) is 12.1. The van der Waals surface area contributed by atoms with Crippen LogP contribution in [0.4, 0.5) is 0 Å². The molecule has 0 bridgehead atoms. The summed E-state index contributed by atoms with van der Waals surface area (Å²) in [5.41, 5.74) is 11.3. The van der Waals surface area contributed by atoms with Crippen LogP contribution in [0, 0.1) is 17.2 Å². The Bertz CT molecular complexity index is 1120. The summed E-state index contributed by atoms with van der Waals surface area (Å²) in [6.45, 7) is 5.11. The fourth-order valence-corrected chi connectivity index (χ4v) is 3.60. The minimum atomic E-state index is 0.457. The summed E-state index contributed by atoms with van der Waals surface area (Å²) in [7, 11) is 3.65. The minimum Gasteiger partial charge on any atom is -0.404 e. The van der Waals surface area contributed by atoms with Gasteiger partial charge in [-0.3, -0.25) is 9.67 Å². The Hall–Kier alpha value is -3.66. The van der Waals surface area contributed by atoms with E-state index < -0.39 is 0 Å². The Morgan fingerprint density at radius 1 is 1.26 bits per heavy atom. The van der Waals surface area contributed by atoms with Gasteiger partial charge in [0.15, 0.2) is 0 Å². The smallest absolute Gasteiger partial charge is 0.110 e. The predicted molar refractivity (Wildman–Crippen MR) is 124 cm³/mol. The molecule has 3 aromatic rings. The van der Waals surface area contributed by atoms with Gasteiger partial charge in [-0.1, -0.05) is 26.0 Å². The summed E-state index contributed by atoms with van der Waals surface area (Å²) in [5.74, 6) is 1.48. The number of nitriles is 1. The Morgan fingerprint density at radius 2 is 2.00 bits per heavy atom. The lowest BCUT2D eigenvalue weighted by atomic mass is 10.0. The Morgan fingerprint density at radius 3 is 2.55 bits per heavy atom. The number of allylic oxidation sites excluding steroid dienone is 1. The monoisotopic (exact) mass is 415 g/mol. The topological polar surface area (TPSA) is 97.8 Å². The molecule has 0 atom stereocenters. The van der Waals surface area contributed by atoms with E-state index in [1.807, 2.05) is 43.7 Å². The molecule has 0 spiro atoms. The molecular weight excluding hydrogens is 386 g/mol. The summed E-state index contributed by atoms with van der Waals surface area (Å²) >= 11 is 0. The van der Waals surface area contributed by atoms with E-state index in [-0.39, 0.29) is 0 Å². The molecule has 3 rings (SSSR count). The molecule has 2 heterocycles. The number of hydrogen-bond donors (Lipinski definition) is 1. The van der Waals surface area contributed by atoms with Crippen LogP contribution in [0.3, 0.4) is 0 Å². The van der Waals surface area contributed by atoms with Gasteiger partial charge in [0.1, 0.15) is 5.82 Å². The summed E-state index contributed by atoms with van der Waals surface area (Å²) in [6, 6.07) is 9.85. The van der Waals surface area contributed by atoms with Crippen molar-refractivity contribution in [3.05, 3.63) is 59.8 Å². The van der Waals surface area contributed by atoms with Crippen molar-refractivity contribution in [2.75, 3.05) is 7.05 Å². The number of imidazole rings is 1. The first-order valence-electron chi connectivity index (χ1n) is 10.4. The van der Waals surface area contributed by atoms with E-state index in [4.69, 9.17) is 10.7 Å². The molecule has 0 unspecified atom stereocenters. The first-order chi connectivity index (χ1) is 15.0. The lowest BCUT2D eigenvalue weighted by Gasteiger charge is -2.14. The number of aromatic nitrogens is 4. The van der Waals surface area contributed by atoms with E-state index in [1.165, 1.54) is 0 Å². The molecule has 0 saturated carbocycles. The van der Waals surface area contributed by atoms with Crippen molar-refractivity contribution in [3.63, 3.8) is 0 Å². The third-order valence-electron chi connectivity index (χ3n) is 5.04. The number of benzene rings is 1. The third-order valence-corrected chi connectivity index (χ3v) is 5.04. The maximum absolute atomic E-state index is 9.21. The van der Waals surface area contributed by atoms with E-state index >= 15 is 0 Å². The van der Waals surface area contributed by atoms with E-state index in [0.29, 0.717) is 11.5 Å². The van der Waals surface area contributed by atoms with Gasteiger partial charge in [0.2, 0.25) is 0 Å². The van der Waals surface area contributed by atoms with Crippen LogP contribution >= 0.6 is 0 Å². The van der Waals surface area contributed by atoms with Crippen LogP contribution in [-0.4, -0.2) is 32.6 Å². The van der Waals surface area contributed by atoms with Gasteiger partial charge in [-0.05, 0) is 36.2 Å². The van der Waals surface area contributed by atoms with Crippen molar-refractivity contribution in [1.29, 1.82) is 5.26 Å². The lowest BCUT2D eigenvalue weighted by molar-refractivity contribution is 0.575. The average molecular weight is 416 g/mol. The van der Waals surface area contributed by atoms with Crippen LogP contribution < -0.4 is 5.73 Å². The maximum Gasteiger partial charge on any atom is 0.110 e. The average Bonchev–Trinajstić information content (AvgIpc) is 3.34. The molecule has 1 aromatic carbocycles. The van der Waals surface area contributed by atoms with Crippen LogP contribution in [0.15, 0.2) is 53.4 Å². The minimum absolute atomic E-state index is 0.457. The van der Waals surface area contributed by atoms with Gasteiger partial charge >= 0.3 is 0 Å². The van der Waals surface area contributed by atoms with E-state index in [9.17, 15) is 5.26 Å². The summed E-state index contributed by atoms with van der Waals surface area (Å²) in [4.78, 5) is 9.17. The molecule has 0 radical (unpaired) electrons. The molecule has 7 nitrogen and oxygen atoms in total. The molecule has 2 N–H and O–H groups in total. The quantitative estimate of drug-likeness (QED) is 0.563. The van der Waals surface area contributed by atoms with Crippen LogP contribution in [-0.2, 0) is 20.0 Å². The molecule has 0 aliphatic heterocycles. The van der Waals surface area contributed by atoms with Crippen LogP contribution in [0.1, 0.15) is 31.7 Å². The predicted octanol–water partition coefficient (Wildman–Crippen LogP) is 3.95. The van der Waals surface area contributed by atoms with Gasteiger partial charge in [-0.2, -0.15) is 10.4 Å². The highest BCUT2D eigenvalue weighted by Crippen LogP contribution is 2.34. The molecule has 0 amide bonds. The number of hydrogen-bond acceptors (Lipinski definition) is 5. The summed E-state index contributed by atoms with van der Waals surface area (Å²) in [6.07, 6.45) is 8.82. The standard InChI is InChI=1S/C24H29N7/c1-17(2)11-22-29-23(21-15-28-30(4)16-21)24(20-7-5-18(12-25)6-8-20)31(22)10-9-19(13-26)14-27-3/h5-8,13-17H,9-11,26H2,1-4H3/b19-13-,27-14?. The van der Waals surface area contributed by atoms with Gasteiger partial charge in [0.25, 0.3) is 0 Å². The van der Waals surface area contributed by atoms with Gasteiger partial charge in [-0.25, -0.2) is 4.98 Å². The molecule has 7 heteroatoms. The Labute approximate surface area is 183 Å². The van der Waals surface area contributed by atoms with Crippen LogP contribution in [0.5, 0.6) is 0 Å². The van der Waals surface area contributed by atoms with Crippen molar-refractivity contribution in [2.24, 2.45) is 23.7 Å². The molecule has 0 fully saturated rings. The van der Waals surface area contributed by atoms with Gasteiger partial charge < -0.3 is 10.3 Å².